The second-order valence-corrected chi connectivity index (χ2v) is 6.52. The van der Waals surface area contributed by atoms with Crippen LogP contribution in [0.1, 0.15) is 10.4 Å². The normalized spacial score (nSPS) is 10.6. The topological polar surface area (TPSA) is 12.0 Å². The van der Waals surface area contributed by atoms with Crippen LogP contribution in [0.2, 0.25) is 0 Å². The van der Waals surface area contributed by atoms with E-state index >= 15 is 0 Å². The van der Waals surface area contributed by atoms with Crippen molar-refractivity contribution in [2.75, 3.05) is 0 Å². The first kappa shape index (κ1) is 12.5. The lowest BCUT2D eigenvalue weighted by Gasteiger charge is -2.04. The molecule has 2 aromatic rings. The zero-order chi connectivity index (χ0) is 11.4. The molecule has 0 aliphatic carbocycles. The van der Waals surface area contributed by atoms with Crippen LogP contribution in [0.3, 0.4) is 0 Å². The van der Waals surface area contributed by atoms with E-state index < -0.39 is 0 Å². The molecule has 1 heterocycles. The molecule has 0 radical (unpaired) electrons. The van der Waals surface area contributed by atoms with Gasteiger partial charge in [-0.25, -0.2) is 0 Å². The van der Waals surface area contributed by atoms with Crippen LogP contribution in [-0.4, -0.2) is 0 Å². The Bertz CT molecular complexity index is 452. The SMILES string of the molecule is Brc1ccsc1CNCc1ccc(I)cc1. The summed E-state index contributed by atoms with van der Waals surface area (Å²) in [6.07, 6.45) is 0. The molecular weight excluding hydrogens is 397 g/mol. The van der Waals surface area contributed by atoms with Crippen LogP contribution in [0.4, 0.5) is 0 Å². The molecule has 0 saturated carbocycles. The Balaban J connectivity index is 1.84. The molecule has 2 rings (SSSR count). The van der Waals surface area contributed by atoms with Gasteiger partial charge in [0.25, 0.3) is 0 Å². The number of halogens is 2. The molecule has 0 amide bonds. The smallest absolute Gasteiger partial charge is 0.0327 e. The molecule has 0 spiro atoms. The van der Waals surface area contributed by atoms with Crippen molar-refractivity contribution in [2.45, 2.75) is 13.1 Å². The molecule has 1 N–H and O–H groups in total. The van der Waals surface area contributed by atoms with E-state index in [9.17, 15) is 0 Å². The Morgan fingerprint density at radius 2 is 1.88 bits per heavy atom. The van der Waals surface area contributed by atoms with Gasteiger partial charge in [0, 0.05) is 26.0 Å². The van der Waals surface area contributed by atoms with Crippen LogP contribution in [0.15, 0.2) is 40.2 Å². The maximum absolute atomic E-state index is 3.53. The maximum Gasteiger partial charge on any atom is 0.0327 e. The number of nitrogens with one attached hydrogen (secondary N) is 1. The molecule has 1 aromatic carbocycles. The third-order valence-corrected chi connectivity index (χ3v) is 4.86. The highest BCUT2D eigenvalue weighted by molar-refractivity contribution is 14.1. The van der Waals surface area contributed by atoms with Gasteiger partial charge in [-0.15, -0.1) is 11.3 Å². The zero-order valence-corrected chi connectivity index (χ0v) is 13.1. The first-order valence-electron chi connectivity index (χ1n) is 4.93. The first-order chi connectivity index (χ1) is 7.75. The lowest BCUT2D eigenvalue weighted by atomic mass is 10.2. The van der Waals surface area contributed by atoms with Crippen LogP contribution in [0.25, 0.3) is 0 Å². The molecule has 0 atom stereocenters. The van der Waals surface area contributed by atoms with Gasteiger partial charge in [0.2, 0.25) is 0 Å². The van der Waals surface area contributed by atoms with Crippen molar-refractivity contribution in [1.29, 1.82) is 0 Å². The molecular formula is C12H11BrINS. The second kappa shape index (κ2) is 6.14. The van der Waals surface area contributed by atoms with Gasteiger partial charge in [0.05, 0.1) is 0 Å². The van der Waals surface area contributed by atoms with Crippen LogP contribution in [0, 0.1) is 3.57 Å². The molecule has 0 fully saturated rings. The summed E-state index contributed by atoms with van der Waals surface area (Å²) in [5.74, 6) is 0. The summed E-state index contributed by atoms with van der Waals surface area (Å²) in [6.45, 7) is 1.84. The van der Waals surface area contributed by atoms with E-state index in [4.69, 9.17) is 0 Å². The summed E-state index contributed by atoms with van der Waals surface area (Å²) in [6, 6.07) is 10.7. The standard InChI is InChI=1S/C12H11BrINS/c13-11-5-6-16-12(11)8-15-7-9-1-3-10(14)4-2-9/h1-6,15H,7-8H2. The minimum atomic E-state index is 0.918. The van der Waals surface area contributed by atoms with E-state index in [1.165, 1.54) is 18.5 Å². The van der Waals surface area contributed by atoms with Gasteiger partial charge in [-0.05, 0) is 67.7 Å². The van der Waals surface area contributed by atoms with Crippen molar-refractivity contribution in [3.63, 3.8) is 0 Å². The summed E-state index contributed by atoms with van der Waals surface area (Å²) in [5.41, 5.74) is 1.33. The lowest BCUT2D eigenvalue weighted by molar-refractivity contribution is 0.699. The summed E-state index contributed by atoms with van der Waals surface area (Å²) in [4.78, 5) is 1.35. The Labute approximate surface area is 122 Å². The first-order valence-corrected chi connectivity index (χ1v) is 7.68. The van der Waals surface area contributed by atoms with Gasteiger partial charge < -0.3 is 5.32 Å². The Hall–Kier alpha value is 0.0900. The molecule has 1 aromatic heterocycles. The molecule has 0 aliphatic heterocycles. The highest BCUT2D eigenvalue weighted by atomic mass is 127. The van der Waals surface area contributed by atoms with Crippen LogP contribution < -0.4 is 5.32 Å². The zero-order valence-electron chi connectivity index (χ0n) is 8.54. The number of thiophene rings is 1. The van der Waals surface area contributed by atoms with E-state index in [0.29, 0.717) is 0 Å². The second-order valence-electron chi connectivity index (χ2n) is 3.42. The third kappa shape index (κ3) is 3.55. The number of rotatable bonds is 4. The van der Waals surface area contributed by atoms with E-state index in [1.54, 1.807) is 11.3 Å². The largest absolute Gasteiger partial charge is 0.308 e. The van der Waals surface area contributed by atoms with Crippen molar-refractivity contribution >= 4 is 49.9 Å². The Morgan fingerprint density at radius 1 is 1.12 bits per heavy atom. The quantitative estimate of drug-likeness (QED) is 0.740. The van der Waals surface area contributed by atoms with Gasteiger partial charge >= 0.3 is 0 Å². The van der Waals surface area contributed by atoms with E-state index in [0.717, 1.165) is 13.1 Å². The minimum Gasteiger partial charge on any atom is -0.308 e. The number of hydrogen-bond donors (Lipinski definition) is 1. The average Bonchev–Trinajstić information content (AvgIpc) is 2.68. The minimum absolute atomic E-state index is 0.918. The van der Waals surface area contributed by atoms with Gasteiger partial charge in [-0.1, -0.05) is 12.1 Å². The van der Waals surface area contributed by atoms with Crippen molar-refractivity contribution in [3.8, 4) is 0 Å². The summed E-state index contributed by atoms with van der Waals surface area (Å²) < 4.78 is 2.48. The fraction of sp³-hybridized carbons (Fsp3) is 0.167. The molecule has 84 valence electrons. The van der Waals surface area contributed by atoms with Crippen molar-refractivity contribution in [3.05, 3.63) is 54.2 Å². The molecule has 16 heavy (non-hydrogen) atoms. The van der Waals surface area contributed by atoms with Gasteiger partial charge in [-0.2, -0.15) is 0 Å². The number of benzene rings is 1. The molecule has 0 aliphatic rings. The van der Waals surface area contributed by atoms with Crippen molar-refractivity contribution in [1.82, 2.24) is 5.32 Å². The highest BCUT2D eigenvalue weighted by Gasteiger charge is 2.00. The summed E-state index contributed by atoms with van der Waals surface area (Å²) >= 11 is 7.63. The summed E-state index contributed by atoms with van der Waals surface area (Å²) in [7, 11) is 0. The van der Waals surface area contributed by atoms with Gasteiger partial charge in [0.1, 0.15) is 0 Å². The van der Waals surface area contributed by atoms with Crippen molar-refractivity contribution < 1.29 is 0 Å². The molecule has 4 heteroatoms. The van der Waals surface area contributed by atoms with Crippen LogP contribution >= 0.6 is 49.9 Å². The fourth-order valence-corrected chi connectivity index (χ4v) is 3.20. The van der Waals surface area contributed by atoms with E-state index in [1.807, 2.05) is 0 Å². The highest BCUT2D eigenvalue weighted by Crippen LogP contribution is 2.22. The van der Waals surface area contributed by atoms with Crippen LogP contribution in [0.5, 0.6) is 0 Å². The van der Waals surface area contributed by atoms with Gasteiger partial charge in [-0.3, -0.25) is 0 Å². The summed E-state index contributed by atoms with van der Waals surface area (Å²) in [5, 5.41) is 5.55. The predicted molar refractivity (Wildman–Crippen MR) is 81.7 cm³/mol. The van der Waals surface area contributed by atoms with Crippen LogP contribution in [-0.2, 0) is 13.1 Å². The number of hydrogen-bond acceptors (Lipinski definition) is 2. The van der Waals surface area contributed by atoms with E-state index in [-0.39, 0.29) is 0 Å². The van der Waals surface area contributed by atoms with Crippen molar-refractivity contribution in [2.24, 2.45) is 0 Å². The monoisotopic (exact) mass is 407 g/mol. The third-order valence-electron chi connectivity index (χ3n) is 2.22. The van der Waals surface area contributed by atoms with Gasteiger partial charge in [0.15, 0.2) is 0 Å². The lowest BCUT2D eigenvalue weighted by Crippen LogP contribution is -2.11. The fourth-order valence-electron chi connectivity index (χ4n) is 1.37. The Kier molecular flexibility index (Phi) is 4.81. The maximum atomic E-state index is 3.53. The molecule has 0 unspecified atom stereocenters. The molecule has 0 saturated heterocycles. The average molecular weight is 408 g/mol. The molecule has 1 nitrogen and oxygen atoms in total. The molecule has 0 bridgehead atoms. The predicted octanol–water partition coefficient (Wildman–Crippen LogP) is 4.41. The Morgan fingerprint density at radius 3 is 2.50 bits per heavy atom. The van der Waals surface area contributed by atoms with E-state index in [2.05, 4.69) is 79.5 Å².